The largest absolute Gasteiger partial charge is 0.336 e. The normalized spacial score (nSPS) is 13.2. The molecule has 0 fully saturated rings. The summed E-state index contributed by atoms with van der Waals surface area (Å²) in [5.74, 6) is 0. The molecule has 5 nitrogen and oxygen atoms in total. The Labute approximate surface area is 156 Å². The van der Waals surface area contributed by atoms with Crippen LogP contribution in [0.4, 0.5) is 0 Å². The third-order valence-electron chi connectivity index (χ3n) is 5.35. The molecule has 0 radical (unpaired) electrons. The topological polar surface area (TPSA) is 52.7 Å². The first kappa shape index (κ1) is 16.0. The first-order chi connectivity index (χ1) is 13.3. The van der Waals surface area contributed by atoms with E-state index in [1.807, 2.05) is 29.0 Å². The van der Waals surface area contributed by atoms with Crippen LogP contribution in [0.1, 0.15) is 17.5 Å². The van der Waals surface area contributed by atoms with Crippen LogP contribution in [-0.4, -0.2) is 19.3 Å². The molecule has 0 aliphatic heterocycles. The van der Waals surface area contributed by atoms with E-state index in [1.165, 1.54) is 11.1 Å². The van der Waals surface area contributed by atoms with Crippen molar-refractivity contribution in [3.8, 4) is 11.3 Å². The Balaban J connectivity index is 1.70. The van der Waals surface area contributed by atoms with Crippen molar-refractivity contribution in [1.82, 2.24) is 19.3 Å². The van der Waals surface area contributed by atoms with Crippen LogP contribution in [0.5, 0.6) is 0 Å². The third kappa shape index (κ3) is 2.85. The molecule has 2 aromatic heterocycles. The quantitative estimate of drug-likeness (QED) is 0.563. The molecule has 0 amide bonds. The second-order valence-electron chi connectivity index (χ2n) is 7.06. The van der Waals surface area contributed by atoms with Gasteiger partial charge >= 0.3 is 0 Å². The van der Waals surface area contributed by atoms with E-state index in [9.17, 15) is 4.79 Å². The number of imidazole rings is 1. The zero-order valence-corrected chi connectivity index (χ0v) is 15.0. The number of aromatic nitrogens is 4. The molecule has 0 saturated heterocycles. The summed E-state index contributed by atoms with van der Waals surface area (Å²) in [5.41, 5.74) is 4.57. The van der Waals surface area contributed by atoms with Crippen LogP contribution in [0.25, 0.3) is 22.0 Å². The second-order valence-corrected chi connectivity index (χ2v) is 7.06. The van der Waals surface area contributed by atoms with Gasteiger partial charge in [0.2, 0.25) is 0 Å². The van der Waals surface area contributed by atoms with Crippen molar-refractivity contribution in [1.29, 1.82) is 0 Å². The molecule has 0 bridgehead atoms. The van der Waals surface area contributed by atoms with Gasteiger partial charge in [0.15, 0.2) is 0 Å². The van der Waals surface area contributed by atoms with Crippen LogP contribution in [0, 0.1) is 0 Å². The molecule has 2 aromatic carbocycles. The van der Waals surface area contributed by atoms with Gasteiger partial charge in [-0.1, -0.05) is 30.3 Å². The number of fused-ring (bicyclic) bond motifs is 2. The Hall–Kier alpha value is -3.21. The smallest absolute Gasteiger partial charge is 0.274 e. The predicted molar refractivity (Wildman–Crippen MR) is 106 cm³/mol. The summed E-state index contributed by atoms with van der Waals surface area (Å²) >= 11 is 0. The van der Waals surface area contributed by atoms with Gasteiger partial charge in [0, 0.05) is 29.9 Å². The predicted octanol–water partition coefficient (Wildman–Crippen LogP) is 3.45. The fraction of sp³-hybridized carbons (Fsp3) is 0.227. The Bertz CT molecular complexity index is 1160. The van der Waals surface area contributed by atoms with E-state index in [0.29, 0.717) is 13.1 Å². The highest BCUT2D eigenvalue weighted by atomic mass is 16.1. The van der Waals surface area contributed by atoms with Gasteiger partial charge in [-0.15, -0.1) is 0 Å². The fourth-order valence-electron chi connectivity index (χ4n) is 3.95. The number of rotatable bonds is 4. The molecule has 0 saturated carbocycles. The summed E-state index contributed by atoms with van der Waals surface area (Å²) in [5, 5.41) is 6.50. The average Bonchev–Trinajstić information content (AvgIpc) is 3.38. The monoisotopic (exact) mass is 356 g/mol. The maximum atomic E-state index is 13.1. The van der Waals surface area contributed by atoms with Gasteiger partial charge in [-0.3, -0.25) is 4.79 Å². The molecule has 0 N–H and O–H groups in total. The zero-order valence-electron chi connectivity index (χ0n) is 15.0. The first-order valence-electron chi connectivity index (χ1n) is 9.37. The maximum Gasteiger partial charge on any atom is 0.274 e. The highest BCUT2D eigenvalue weighted by molar-refractivity contribution is 5.95. The lowest BCUT2D eigenvalue weighted by molar-refractivity contribution is 0.516. The van der Waals surface area contributed by atoms with Crippen LogP contribution >= 0.6 is 0 Å². The number of benzene rings is 2. The number of aryl methyl sites for hydroxylation is 4. The average molecular weight is 356 g/mol. The van der Waals surface area contributed by atoms with Crippen LogP contribution in [0.3, 0.4) is 0 Å². The summed E-state index contributed by atoms with van der Waals surface area (Å²) in [7, 11) is 0. The molecule has 0 unspecified atom stereocenters. The van der Waals surface area contributed by atoms with E-state index in [0.717, 1.165) is 41.3 Å². The van der Waals surface area contributed by atoms with E-state index in [-0.39, 0.29) is 5.56 Å². The highest BCUT2D eigenvalue weighted by Crippen LogP contribution is 2.31. The third-order valence-corrected chi connectivity index (χ3v) is 5.35. The lowest BCUT2D eigenvalue weighted by Crippen LogP contribution is -2.26. The number of hydrogen-bond donors (Lipinski definition) is 0. The van der Waals surface area contributed by atoms with Gasteiger partial charge < -0.3 is 4.57 Å². The Morgan fingerprint density at radius 1 is 0.963 bits per heavy atom. The van der Waals surface area contributed by atoms with Crippen molar-refractivity contribution in [3.63, 3.8) is 0 Å². The number of nitrogens with zero attached hydrogens (tertiary/aromatic N) is 4. The summed E-state index contributed by atoms with van der Waals surface area (Å²) in [4.78, 5) is 17.2. The Morgan fingerprint density at radius 3 is 2.48 bits per heavy atom. The standard InChI is InChI=1S/C22H20N4O/c27-22-20-14-18-8-4-7-17(18)13-19(20)21(16-5-2-1-3-6-16)24-26(22)12-11-25-10-9-23-15-25/h1-3,5-6,9-10,13-15H,4,7-8,11-12H2. The van der Waals surface area contributed by atoms with E-state index < -0.39 is 0 Å². The molecule has 134 valence electrons. The minimum absolute atomic E-state index is 0.0144. The highest BCUT2D eigenvalue weighted by Gasteiger charge is 2.18. The lowest BCUT2D eigenvalue weighted by atomic mass is 10.00. The molecule has 1 aliphatic carbocycles. The lowest BCUT2D eigenvalue weighted by Gasteiger charge is -2.13. The van der Waals surface area contributed by atoms with E-state index in [2.05, 4.69) is 29.2 Å². The Kier molecular flexibility index (Phi) is 3.85. The molecular formula is C22H20N4O. The zero-order chi connectivity index (χ0) is 18.2. The summed E-state index contributed by atoms with van der Waals surface area (Å²) in [6, 6.07) is 14.4. The molecule has 27 heavy (non-hydrogen) atoms. The SMILES string of the molecule is O=c1c2cc3c(cc2c(-c2ccccc2)nn1CCn1ccnc1)CCC3. The van der Waals surface area contributed by atoms with Crippen molar-refractivity contribution in [3.05, 3.63) is 82.7 Å². The summed E-state index contributed by atoms with van der Waals surface area (Å²) in [6.45, 7) is 1.18. The van der Waals surface area contributed by atoms with Crippen molar-refractivity contribution in [2.24, 2.45) is 0 Å². The first-order valence-corrected chi connectivity index (χ1v) is 9.37. The molecule has 5 heteroatoms. The van der Waals surface area contributed by atoms with E-state index in [1.54, 1.807) is 17.2 Å². The van der Waals surface area contributed by atoms with Crippen molar-refractivity contribution < 1.29 is 0 Å². The van der Waals surface area contributed by atoms with E-state index >= 15 is 0 Å². The van der Waals surface area contributed by atoms with Gasteiger partial charge in [0.25, 0.3) is 5.56 Å². The fourth-order valence-corrected chi connectivity index (χ4v) is 3.95. The van der Waals surface area contributed by atoms with Gasteiger partial charge in [-0.2, -0.15) is 5.10 Å². The van der Waals surface area contributed by atoms with Gasteiger partial charge in [0.1, 0.15) is 0 Å². The summed E-state index contributed by atoms with van der Waals surface area (Å²) < 4.78 is 3.56. The van der Waals surface area contributed by atoms with Crippen LogP contribution in [0.15, 0.2) is 66.0 Å². The van der Waals surface area contributed by atoms with Gasteiger partial charge in [-0.05, 0) is 42.5 Å². The minimum Gasteiger partial charge on any atom is -0.336 e. The van der Waals surface area contributed by atoms with Gasteiger partial charge in [0.05, 0.1) is 24.0 Å². The number of hydrogen-bond acceptors (Lipinski definition) is 3. The van der Waals surface area contributed by atoms with E-state index in [4.69, 9.17) is 5.10 Å². The molecule has 2 heterocycles. The molecule has 1 aliphatic rings. The van der Waals surface area contributed by atoms with Crippen LogP contribution < -0.4 is 5.56 Å². The molecule has 0 atom stereocenters. The second kappa shape index (κ2) is 6.50. The van der Waals surface area contributed by atoms with Crippen molar-refractivity contribution in [2.45, 2.75) is 32.4 Å². The Morgan fingerprint density at radius 2 is 1.74 bits per heavy atom. The maximum absolute atomic E-state index is 13.1. The minimum atomic E-state index is -0.0144. The van der Waals surface area contributed by atoms with Gasteiger partial charge in [-0.25, -0.2) is 9.67 Å². The van der Waals surface area contributed by atoms with Crippen molar-refractivity contribution in [2.75, 3.05) is 0 Å². The van der Waals surface area contributed by atoms with Crippen molar-refractivity contribution >= 4 is 10.8 Å². The van der Waals surface area contributed by atoms with Crippen LogP contribution in [-0.2, 0) is 25.9 Å². The summed E-state index contributed by atoms with van der Waals surface area (Å²) in [6.07, 6.45) is 8.71. The molecule has 0 spiro atoms. The molecule has 4 aromatic rings. The molecular weight excluding hydrogens is 336 g/mol. The van der Waals surface area contributed by atoms with Crippen LogP contribution in [0.2, 0.25) is 0 Å². The molecule has 5 rings (SSSR count).